The fraction of sp³-hybridized carbons (Fsp3) is 0.403. The van der Waals surface area contributed by atoms with Crippen molar-refractivity contribution in [2.75, 3.05) is 62.1 Å². The van der Waals surface area contributed by atoms with Crippen molar-refractivity contribution in [1.82, 2.24) is 66.1 Å². The predicted octanol–water partition coefficient (Wildman–Crippen LogP) is 4.18. The molecule has 33 nitrogen and oxygen atoms in total. The number of esters is 2. The highest BCUT2D eigenvalue weighted by Crippen LogP contribution is 2.43. The Hall–Kier alpha value is -9.58. The van der Waals surface area contributed by atoms with Crippen LogP contribution in [0.15, 0.2) is 69.2 Å². The van der Waals surface area contributed by atoms with Crippen molar-refractivity contribution < 1.29 is 91.4 Å². The maximum absolute atomic E-state index is 15.7. The number of hydrogen-bond acceptors (Lipinski definition) is 30. The van der Waals surface area contributed by atoms with Crippen LogP contribution in [0.1, 0.15) is 131 Å². The van der Waals surface area contributed by atoms with Crippen LogP contribution in [-0.4, -0.2) is 217 Å². The molecule has 8 aromatic rings. The molecule has 6 amide bonds. The normalized spacial score (nSPS) is 23.4. The molecule has 0 radical (unpaired) electrons. The van der Waals surface area contributed by atoms with Crippen LogP contribution in [0.4, 0.5) is 0 Å². The number of primary amides is 1. The van der Waals surface area contributed by atoms with Crippen molar-refractivity contribution in [2.24, 2.45) is 5.73 Å². The molecule has 1 fully saturated rings. The Bertz CT molecular complexity index is 4790. The number of fused-ring (bicyclic) bond motifs is 15. The summed E-state index contributed by atoms with van der Waals surface area (Å²) in [7, 11) is 10.9. The number of nitrogens with two attached hydrogens (primary N) is 1. The summed E-state index contributed by atoms with van der Waals surface area (Å²) in [6, 6.07) is 1.16. The zero-order valence-corrected chi connectivity index (χ0v) is 62.2. The molecule has 10 N–H and O–H groups in total. The van der Waals surface area contributed by atoms with Crippen molar-refractivity contribution in [2.45, 2.75) is 114 Å². The molecule has 4 aliphatic heterocycles. The number of rotatable bonds is 14. The summed E-state index contributed by atoms with van der Waals surface area (Å²) in [6.07, 6.45) is -6.97. The quantitative estimate of drug-likeness (QED) is 0.0242. The highest BCUT2D eigenvalue weighted by molar-refractivity contribution is 7.14. The van der Waals surface area contributed by atoms with E-state index in [9.17, 15) is 34.5 Å². The third-order valence-corrected chi connectivity index (χ3v) is 22.0. The number of benzene rings is 1. The van der Waals surface area contributed by atoms with Gasteiger partial charge in [-0.15, -0.1) is 56.7 Å². The van der Waals surface area contributed by atoms with Gasteiger partial charge >= 0.3 is 11.9 Å². The van der Waals surface area contributed by atoms with Crippen LogP contribution in [0, 0.1) is 0 Å². The van der Waals surface area contributed by atoms with Crippen LogP contribution in [0.25, 0.3) is 49.3 Å². The standard InChI is InChI=1S/C67H73N15O18S5/c1-28(54(68)85)69-55(86)37-25-104-63(74-37)48-42(84)18-33-47(76-48)36-23-102-61(71-36)35-22-97-65(91)50-34-21-95-51(52(100-43-19-67(5,93)53(80(6)7)31(4)99-43)66(92)96-20-32-14-12-15-41(44(32)34)81(50)98-17-13-16-82(8,9)10)49(64-75-38(26-105-64)56(87)70-35)79-58(89)40-27-103-62(73-40)46(30(3)94-11)78-59(90)45(29(2)83)77-57(88)39-24-101-60(33)72-39/h12,14-15,18,23-27,29,31,35,43,45,49,51-53,83,93H,1,13,16-17,19-22H2,2-11H3,(H7-,68,69,70,74,77,78,79,84,85,86,87,88,89,90)/p+1/b46-30+/t29-,31+,35-,43+,45?,49+,51+,52-,53?,67-/m0/s1. The Morgan fingerprint density at radius 2 is 1.53 bits per heavy atom. The Balaban J connectivity index is 1.06. The maximum Gasteiger partial charge on any atom is 0.358 e. The van der Waals surface area contributed by atoms with Gasteiger partial charge in [-0.05, 0) is 59.5 Å². The number of nitrogens with one attached hydrogen (secondary N) is 5. The van der Waals surface area contributed by atoms with Crippen molar-refractivity contribution >= 4 is 121 Å². The molecule has 4 aliphatic rings. The smallest absolute Gasteiger partial charge is 0.358 e. The number of hydrogen-bond donors (Lipinski definition) is 9. The highest BCUT2D eigenvalue weighted by Gasteiger charge is 2.50. The number of allylic oxidation sites excluding steroid dienone is 1. The first-order chi connectivity index (χ1) is 49.9. The molecular formula is C67H74N15O18S5+. The lowest BCUT2D eigenvalue weighted by atomic mass is 9.85. The number of pyridine rings is 1. The number of aromatic nitrogens is 7. The molecular weight excluding hydrogens is 1460 g/mol. The number of aromatic hydroxyl groups is 1. The number of thiazole rings is 5. The maximum atomic E-state index is 15.7. The first kappa shape index (κ1) is 75.1. The lowest BCUT2D eigenvalue weighted by Crippen LogP contribution is -2.62. The molecule has 0 aliphatic carbocycles. The summed E-state index contributed by atoms with van der Waals surface area (Å²) >= 11 is 4.58. The number of ether oxygens (including phenoxy) is 6. The molecule has 0 spiro atoms. The molecule has 7 aromatic heterocycles. The molecule has 0 saturated carbocycles. The zero-order chi connectivity index (χ0) is 75.2. The van der Waals surface area contributed by atoms with E-state index in [1.807, 2.05) is 21.1 Å². The first-order valence-corrected chi connectivity index (χ1v) is 37.0. The minimum Gasteiger partial charge on any atom is -0.506 e. The van der Waals surface area contributed by atoms with Gasteiger partial charge in [0, 0.05) is 56.3 Å². The molecule has 2 unspecified atom stereocenters. The number of likely N-dealkylation sites (N-methyl/N-ethyl adjacent to an activating group) is 1. The van der Waals surface area contributed by atoms with Crippen LogP contribution >= 0.6 is 56.7 Å². The van der Waals surface area contributed by atoms with Crippen molar-refractivity contribution in [1.29, 1.82) is 0 Å². The third kappa shape index (κ3) is 15.9. The average Bonchev–Trinajstić information content (AvgIpc) is 1.53. The van der Waals surface area contributed by atoms with Crippen molar-refractivity contribution in [3.63, 3.8) is 0 Å². The minimum absolute atomic E-state index is 0.000144. The molecule has 10 atom stereocenters. The summed E-state index contributed by atoms with van der Waals surface area (Å²) in [5, 5.41) is 56.1. The largest absolute Gasteiger partial charge is 0.506 e. The average molecular weight is 1540 g/mol. The number of quaternary nitrogens is 1. The van der Waals surface area contributed by atoms with Gasteiger partial charge in [-0.25, -0.2) is 39.5 Å². The summed E-state index contributed by atoms with van der Waals surface area (Å²) in [5.74, 6) is -7.97. The monoisotopic (exact) mass is 1540 g/mol. The second-order valence-corrected chi connectivity index (χ2v) is 30.9. The minimum atomic E-state index is -1.90. The van der Waals surface area contributed by atoms with E-state index in [0.717, 1.165) is 56.7 Å². The van der Waals surface area contributed by atoms with Crippen LogP contribution in [-0.2, 0) is 56.0 Å². The number of amides is 6. The van der Waals surface area contributed by atoms with Gasteiger partial charge < -0.3 is 90.3 Å². The molecule has 12 rings (SSSR count). The fourth-order valence-corrected chi connectivity index (χ4v) is 16.7. The topological polar surface area (TPSA) is 434 Å². The van der Waals surface area contributed by atoms with E-state index in [-0.39, 0.29) is 106 Å². The first-order valence-electron chi connectivity index (χ1n) is 32.6. The number of cyclic esters (lactones) is 2. The number of aliphatic hydroxyl groups excluding tert-OH is 1. The molecule has 12 bridgehead atoms. The summed E-state index contributed by atoms with van der Waals surface area (Å²) < 4.78 is 40.4. The summed E-state index contributed by atoms with van der Waals surface area (Å²) in [4.78, 5) is 152. The van der Waals surface area contributed by atoms with E-state index in [1.54, 1.807) is 56.4 Å². The van der Waals surface area contributed by atoms with Gasteiger partial charge in [0.05, 0.1) is 76.5 Å². The van der Waals surface area contributed by atoms with Crippen molar-refractivity contribution in [3.8, 4) is 38.4 Å². The van der Waals surface area contributed by atoms with E-state index in [0.29, 0.717) is 33.9 Å². The Morgan fingerprint density at radius 3 is 2.24 bits per heavy atom. The van der Waals surface area contributed by atoms with E-state index in [4.69, 9.17) is 53.9 Å². The van der Waals surface area contributed by atoms with Gasteiger partial charge in [0.2, 0.25) is 5.91 Å². The molecule has 1 saturated heterocycles. The third-order valence-electron chi connectivity index (χ3n) is 17.5. The Kier molecular flexibility index (Phi) is 21.8. The molecule has 38 heteroatoms. The van der Waals surface area contributed by atoms with Gasteiger partial charge in [-0.1, -0.05) is 18.7 Å². The van der Waals surface area contributed by atoms with Crippen LogP contribution in [0.2, 0.25) is 0 Å². The number of carbonyl (C=O) groups is 8. The van der Waals surface area contributed by atoms with E-state index >= 15 is 19.2 Å². The summed E-state index contributed by atoms with van der Waals surface area (Å²) in [6.45, 7) is 8.69. The lowest BCUT2D eigenvalue weighted by molar-refractivity contribution is -0.870. The molecule has 11 heterocycles. The summed E-state index contributed by atoms with van der Waals surface area (Å²) in [5.41, 5.74) is 3.03. The van der Waals surface area contributed by atoms with Gasteiger partial charge in [0.1, 0.15) is 126 Å². The van der Waals surface area contributed by atoms with Gasteiger partial charge in [-0.2, -0.15) is 4.73 Å². The number of nitrogens with zero attached hydrogens (tertiary/aromatic N) is 9. The van der Waals surface area contributed by atoms with E-state index in [1.165, 1.54) is 53.3 Å². The zero-order valence-electron chi connectivity index (χ0n) is 58.2. The predicted molar refractivity (Wildman–Crippen MR) is 382 cm³/mol. The van der Waals surface area contributed by atoms with Gasteiger partial charge in [0.15, 0.2) is 18.1 Å². The second kappa shape index (κ2) is 30.5. The fourth-order valence-electron chi connectivity index (χ4n) is 12.5. The Labute approximate surface area is 618 Å². The molecule has 105 heavy (non-hydrogen) atoms. The SMILES string of the molecule is C=C(NC(=O)c1csc(-c2nc3c(cc2O)-c2nc(cs2)C(=O)NC([C@H](C)O)C(=O)N/C(=C(\C)OC)c2nc(cs2)C(=O)N[C@H]2c4nc(cs4)C(=O)N[C@@H](COC(=O)c4c5c6c(cccc6n4OCCC[N+](C)(C)C)COC(=O)[C@@H](O[C@@H]4C[C@](C)(O)C(N(C)C)[C@@H](C)O4)[C@@H]2OC5)c2nc-3cs2)n1)C(N)=O. The van der Waals surface area contributed by atoms with E-state index < -0.39 is 139 Å². The van der Waals surface area contributed by atoms with Crippen molar-refractivity contribution in [3.05, 3.63) is 124 Å². The molecule has 1 aromatic carbocycles. The molecule has 554 valence electrons. The van der Waals surface area contributed by atoms with Crippen LogP contribution in [0.3, 0.4) is 0 Å². The Morgan fingerprint density at radius 1 is 0.867 bits per heavy atom. The lowest BCUT2D eigenvalue weighted by Gasteiger charge is -2.48. The van der Waals surface area contributed by atoms with Gasteiger partial charge in [0.25, 0.3) is 29.5 Å². The van der Waals surface area contributed by atoms with Gasteiger partial charge in [-0.3, -0.25) is 28.8 Å². The second-order valence-electron chi connectivity index (χ2n) is 26.5. The van der Waals surface area contributed by atoms with Crippen LogP contribution < -0.4 is 37.2 Å². The number of methoxy groups -OCH3 is 1. The van der Waals surface area contributed by atoms with Crippen LogP contribution in [0.5, 0.6) is 5.75 Å². The highest BCUT2D eigenvalue weighted by atomic mass is 32.1. The number of carbonyl (C=O) groups excluding carboxylic acids is 8. The number of aliphatic hydroxyl groups is 2. The van der Waals surface area contributed by atoms with E-state index in [2.05, 4.69) is 48.1 Å².